The average molecular weight is 256 g/mol. The Labute approximate surface area is 95.1 Å². The summed E-state index contributed by atoms with van der Waals surface area (Å²) in [7, 11) is 1.94. The summed E-state index contributed by atoms with van der Waals surface area (Å²) in [5.74, 6) is -3.10. The van der Waals surface area contributed by atoms with E-state index in [2.05, 4.69) is 14.2 Å². The SMILES string of the molecule is COC(=O)C=C(OC(C)C(F)(F)F)C(=O)OC. The van der Waals surface area contributed by atoms with E-state index in [9.17, 15) is 22.8 Å². The van der Waals surface area contributed by atoms with Gasteiger partial charge in [-0.2, -0.15) is 13.2 Å². The molecule has 0 aromatic rings. The summed E-state index contributed by atoms with van der Waals surface area (Å²) < 4.78 is 49.1. The van der Waals surface area contributed by atoms with Crippen LogP contribution in [0.25, 0.3) is 0 Å². The lowest BCUT2D eigenvalue weighted by Crippen LogP contribution is -2.30. The average Bonchev–Trinajstić information content (AvgIpc) is 2.25. The van der Waals surface area contributed by atoms with Crippen LogP contribution in [0.5, 0.6) is 0 Å². The van der Waals surface area contributed by atoms with Gasteiger partial charge in [0.15, 0.2) is 6.10 Å². The van der Waals surface area contributed by atoms with Gasteiger partial charge < -0.3 is 14.2 Å². The van der Waals surface area contributed by atoms with Crippen molar-refractivity contribution in [3.63, 3.8) is 0 Å². The van der Waals surface area contributed by atoms with E-state index in [1.165, 1.54) is 0 Å². The molecule has 0 bridgehead atoms. The van der Waals surface area contributed by atoms with Crippen LogP contribution in [0.15, 0.2) is 11.8 Å². The third-order valence-corrected chi connectivity index (χ3v) is 1.60. The minimum absolute atomic E-state index is 0.480. The molecule has 0 rings (SSSR count). The van der Waals surface area contributed by atoms with Crippen LogP contribution < -0.4 is 0 Å². The number of alkyl halides is 3. The molecule has 8 heteroatoms. The Morgan fingerprint density at radius 1 is 1.18 bits per heavy atom. The first-order valence-electron chi connectivity index (χ1n) is 4.33. The number of ether oxygens (including phenoxy) is 3. The van der Waals surface area contributed by atoms with Crippen molar-refractivity contribution in [2.24, 2.45) is 0 Å². The topological polar surface area (TPSA) is 61.8 Å². The van der Waals surface area contributed by atoms with Crippen molar-refractivity contribution < 1.29 is 37.0 Å². The highest BCUT2D eigenvalue weighted by Crippen LogP contribution is 2.24. The van der Waals surface area contributed by atoms with E-state index in [1.54, 1.807) is 0 Å². The predicted octanol–water partition coefficient (Wildman–Crippen LogP) is 1.18. The van der Waals surface area contributed by atoms with Crippen molar-refractivity contribution in [3.05, 3.63) is 11.8 Å². The maximum absolute atomic E-state index is 12.2. The summed E-state index contributed by atoms with van der Waals surface area (Å²) in [6, 6.07) is 0. The second kappa shape index (κ2) is 6.12. The largest absolute Gasteiger partial charge is 0.474 e. The van der Waals surface area contributed by atoms with E-state index in [-0.39, 0.29) is 0 Å². The standard InChI is InChI=1S/C9H11F3O5/c1-5(9(10,11)12)17-6(8(14)16-3)4-7(13)15-2/h4-5H,1-3H3. The fourth-order valence-corrected chi connectivity index (χ4v) is 0.665. The zero-order valence-electron chi connectivity index (χ0n) is 9.33. The minimum atomic E-state index is -4.66. The van der Waals surface area contributed by atoms with E-state index in [0.29, 0.717) is 13.0 Å². The molecule has 1 atom stereocenters. The Kier molecular flexibility index (Phi) is 5.49. The second-order valence-corrected chi connectivity index (χ2v) is 2.83. The molecule has 0 amide bonds. The molecular weight excluding hydrogens is 245 g/mol. The lowest BCUT2D eigenvalue weighted by molar-refractivity contribution is -0.205. The van der Waals surface area contributed by atoms with Crippen LogP contribution in [0.2, 0.25) is 0 Å². The zero-order chi connectivity index (χ0) is 13.6. The van der Waals surface area contributed by atoms with Crippen molar-refractivity contribution >= 4 is 11.9 Å². The molecule has 0 aliphatic heterocycles. The quantitative estimate of drug-likeness (QED) is 0.429. The molecule has 0 saturated heterocycles. The normalized spacial score (nSPS) is 13.9. The van der Waals surface area contributed by atoms with Crippen molar-refractivity contribution in [2.45, 2.75) is 19.2 Å². The fourth-order valence-electron chi connectivity index (χ4n) is 0.665. The van der Waals surface area contributed by atoms with Crippen molar-refractivity contribution in [1.82, 2.24) is 0 Å². The number of hydrogen-bond acceptors (Lipinski definition) is 5. The number of hydrogen-bond donors (Lipinski definition) is 0. The lowest BCUT2D eigenvalue weighted by Gasteiger charge is -2.18. The number of carbonyl (C=O) groups is 2. The third-order valence-electron chi connectivity index (χ3n) is 1.60. The second-order valence-electron chi connectivity index (χ2n) is 2.83. The Balaban J connectivity index is 4.91. The zero-order valence-corrected chi connectivity index (χ0v) is 9.33. The van der Waals surface area contributed by atoms with Crippen LogP contribution in [0.3, 0.4) is 0 Å². The van der Waals surface area contributed by atoms with Gasteiger partial charge in [-0.1, -0.05) is 0 Å². The first-order chi connectivity index (χ1) is 7.72. The van der Waals surface area contributed by atoms with E-state index in [4.69, 9.17) is 0 Å². The van der Waals surface area contributed by atoms with Crippen molar-refractivity contribution in [2.75, 3.05) is 14.2 Å². The first-order valence-corrected chi connectivity index (χ1v) is 4.33. The molecule has 5 nitrogen and oxygen atoms in total. The molecule has 0 aliphatic rings. The number of methoxy groups -OCH3 is 2. The van der Waals surface area contributed by atoms with Gasteiger partial charge in [0.2, 0.25) is 5.76 Å². The fraction of sp³-hybridized carbons (Fsp3) is 0.556. The first kappa shape index (κ1) is 15.3. The van der Waals surface area contributed by atoms with Crippen LogP contribution in [0.4, 0.5) is 13.2 Å². The maximum atomic E-state index is 12.2. The summed E-state index contributed by atoms with van der Waals surface area (Å²) >= 11 is 0. The van der Waals surface area contributed by atoms with Crippen LogP contribution in [0.1, 0.15) is 6.92 Å². The van der Waals surface area contributed by atoms with Gasteiger partial charge in [-0.05, 0) is 6.92 Å². The summed E-state index contributed by atoms with van der Waals surface area (Å²) in [6.07, 6.45) is -6.44. The molecule has 0 saturated carbocycles. The van der Waals surface area contributed by atoms with E-state index < -0.39 is 30.0 Å². The molecule has 0 heterocycles. The van der Waals surface area contributed by atoms with Gasteiger partial charge in [0.05, 0.1) is 20.3 Å². The van der Waals surface area contributed by atoms with Crippen molar-refractivity contribution in [3.8, 4) is 0 Å². The van der Waals surface area contributed by atoms with Gasteiger partial charge in [0.25, 0.3) is 0 Å². The van der Waals surface area contributed by atoms with Gasteiger partial charge in [0.1, 0.15) is 0 Å². The molecule has 0 radical (unpaired) electrons. The van der Waals surface area contributed by atoms with E-state index >= 15 is 0 Å². The lowest BCUT2D eigenvalue weighted by atomic mass is 10.3. The highest BCUT2D eigenvalue weighted by atomic mass is 19.4. The molecular formula is C9H11F3O5. The number of carbonyl (C=O) groups excluding carboxylic acids is 2. The Bertz CT molecular complexity index is 321. The van der Waals surface area contributed by atoms with E-state index in [1.807, 2.05) is 0 Å². The molecule has 98 valence electrons. The van der Waals surface area contributed by atoms with Crippen LogP contribution in [-0.2, 0) is 23.8 Å². The highest BCUT2D eigenvalue weighted by Gasteiger charge is 2.39. The Hall–Kier alpha value is -1.73. The molecule has 0 aliphatic carbocycles. The molecule has 1 unspecified atom stereocenters. The third kappa shape index (κ3) is 5.23. The number of halogens is 3. The van der Waals surface area contributed by atoms with Crippen LogP contribution in [0, 0.1) is 0 Å². The molecule has 17 heavy (non-hydrogen) atoms. The number of esters is 2. The molecule has 0 N–H and O–H groups in total. The Morgan fingerprint density at radius 2 is 1.71 bits per heavy atom. The summed E-state index contributed by atoms with van der Waals surface area (Å²) in [5.41, 5.74) is 0. The van der Waals surface area contributed by atoms with Gasteiger partial charge in [-0.15, -0.1) is 0 Å². The van der Waals surface area contributed by atoms with Crippen LogP contribution in [-0.4, -0.2) is 38.4 Å². The monoisotopic (exact) mass is 256 g/mol. The summed E-state index contributed by atoms with van der Waals surface area (Å²) in [4.78, 5) is 21.8. The molecule has 0 spiro atoms. The van der Waals surface area contributed by atoms with Crippen LogP contribution >= 0.6 is 0 Å². The van der Waals surface area contributed by atoms with E-state index in [0.717, 1.165) is 14.2 Å². The van der Waals surface area contributed by atoms with Gasteiger partial charge in [0, 0.05) is 0 Å². The minimum Gasteiger partial charge on any atom is -0.474 e. The van der Waals surface area contributed by atoms with Gasteiger partial charge in [-0.25, -0.2) is 9.59 Å². The molecule has 0 fully saturated rings. The highest BCUT2D eigenvalue weighted by molar-refractivity contribution is 5.94. The Morgan fingerprint density at radius 3 is 2.06 bits per heavy atom. The van der Waals surface area contributed by atoms with Gasteiger partial charge >= 0.3 is 18.1 Å². The predicted molar refractivity (Wildman–Crippen MR) is 48.7 cm³/mol. The maximum Gasteiger partial charge on any atom is 0.425 e. The van der Waals surface area contributed by atoms with Crippen molar-refractivity contribution in [1.29, 1.82) is 0 Å². The number of rotatable bonds is 4. The molecule has 0 aromatic heterocycles. The summed E-state index contributed by atoms with van der Waals surface area (Å²) in [6.45, 7) is 0.689. The molecule has 0 aromatic carbocycles. The summed E-state index contributed by atoms with van der Waals surface area (Å²) in [5, 5.41) is 0. The smallest absolute Gasteiger partial charge is 0.425 e. The van der Waals surface area contributed by atoms with Gasteiger partial charge in [-0.3, -0.25) is 0 Å².